The zero-order chi connectivity index (χ0) is 10.6. The number of ether oxygens (including phenoxy) is 1. The fourth-order valence-electron chi connectivity index (χ4n) is 1.20. The second-order valence-corrected chi connectivity index (χ2v) is 3.15. The van der Waals surface area contributed by atoms with E-state index in [1.165, 1.54) is 5.48 Å². The molecule has 4 heteroatoms. The summed E-state index contributed by atoms with van der Waals surface area (Å²) < 4.78 is 5.15. The molecular formula is C10H13NO3. The van der Waals surface area contributed by atoms with Crippen LogP contribution in [0.1, 0.15) is 11.1 Å². The molecule has 0 aliphatic rings. The standard InChI is InChI=1S/C10H13NO3/c1-7-3-8(2)5-9(4-7)14-6-10(12)11-13/h3-5,13H,6H2,1-2H3,(H,11,12). The van der Waals surface area contributed by atoms with Gasteiger partial charge in [-0.3, -0.25) is 10.0 Å². The van der Waals surface area contributed by atoms with E-state index in [0.29, 0.717) is 5.75 Å². The van der Waals surface area contributed by atoms with Crippen LogP contribution in [0.25, 0.3) is 0 Å². The van der Waals surface area contributed by atoms with Crippen molar-refractivity contribution in [3.8, 4) is 5.75 Å². The molecule has 0 atom stereocenters. The van der Waals surface area contributed by atoms with Crippen molar-refractivity contribution in [1.82, 2.24) is 5.48 Å². The number of hydrogen-bond acceptors (Lipinski definition) is 3. The molecule has 0 saturated carbocycles. The largest absolute Gasteiger partial charge is 0.484 e. The van der Waals surface area contributed by atoms with E-state index in [2.05, 4.69) is 0 Å². The molecule has 0 radical (unpaired) electrons. The van der Waals surface area contributed by atoms with E-state index in [9.17, 15) is 4.79 Å². The molecule has 1 aromatic carbocycles. The van der Waals surface area contributed by atoms with Crippen LogP contribution in [0.4, 0.5) is 0 Å². The highest BCUT2D eigenvalue weighted by Gasteiger charge is 2.01. The van der Waals surface area contributed by atoms with Gasteiger partial charge in [0.15, 0.2) is 6.61 Å². The number of benzene rings is 1. The first kappa shape index (κ1) is 10.5. The molecule has 1 amide bonds. The fourth-order valence-corrected chi connectivity index (χ4v) is 1.20. The maximum Gasteiger partial charge on any atom is 0.281 e. The van der Waals surface area contributed by atoms with Crippen molar-refractivity contribution in [2.75, 3.05) is 6.61 Å². The van der Waals surface area contributed by atoms with Gasteiger partial charge in [-0.1, -0.05) is 6.07 Å². The zero-order valence-corrected chi connectivity index (χ0v) is 8.20. The molecule has 0 saturated heterocycles. The Morgan fingerprint density at radius 2 is 1.93 bits per heavy atom. The normalized spacial score (nSPS) is 9.64. The van der Waals surface area contributed by atoms with Crippen LogP contribution in [-0.4, -0.2) is 17.7 Å². The molecule has 0 unspecified atom stereocenters. The van der Waals surface area contributed by atoms with Crippen LogP contribution in [0.15, 0.2) is 18.2 Å². The third-order valence-electron chi connectivity index (χ3n) is 1.69. The number of hydroxylamine groups is 1. The summed E-state index contributed by atoms with van der Waals surface area (Å²) in [7, 11) is 0. The number of nitrogens with one attached hydrogen (secondary N) is 1. The lowest BCUT2D eigenvalue weighted by molar-refractivity contribution is -0.131. The van der Waals surface area contributed by atoms with E-state index in [1.807, 2.05) is 32.0 Å². The molecule has 0 spiro atoms. The van der Waals surface area contributed by atoms with E-state index < -0.39 is 5.91 Å². The predicted octanol–water partition coefficient (Wildman–Crippen LogP) is 1.19. The lowest BCUT2D eigenvalue weighted by Gasteiger charge is -2.06. The predicted molar refractivity (Wildman–Crippen MR) is 51.3 cm³/mol. The van der Waals surface area contributed by atoms with Crippen molar-refractivity contribution in [3.05, 3.63) is 29.3 Å². The van der Waals surface area contributed by atoms with Crippen LogP contribution in [0.5, 0.6) is 5.75 Å². The second-order valence-electron chi connectivity index (χ2n) is 3.15. The number of aryl methyl sites for hydroxylation is 2. The highest BCUT2D eigenvalue weighted by Crippen LogP contribution is 2.15. The van der Waals surface area contributed by atoms with Crippen LogP contribution in [0, 0.1) is 13.8 Å². The maximum absolute atomic E-state index is 10.7. The summed E-state index contributed by atoms with van der Waals surface area (Å²) in [5, 5.41) is 8.24. The number of rotatable bonds is 3. The topological polar surface area (TPSA) is 58.6 Å². The van der Waals surface area contributed by atoms with Crippen molar-refractivity contribution in [3.63, 3.8) is 0 Å². The number of hydrogen-bond donors (Lipinski definition) is 2. The van der Waals surface area contributed by atoms with E-state index in [0.717, 1.165) is 11.1 Å². The molecular weight excluding hydrogens is 182 g/mol. The average Bonchev–Trinajstić information content (AvgIpc) is 2.12. The van der Waals surface area contributed by atoms with E-state index in [-0.39, 0.29) is 6.61 Å². The van der Waals surface area contributed by atoms with Crippen molar-refractivity contribution in [2.24, 2.45) is 0 Å². The maximum atomic E-state index is 10.7. The van der Waals surface area contributed by atoms with Crippen LogP contribution in [-0.2, 0) is 4.79 Å². The number of carbonyl (C=O) groups excluding carboxylic acids is 1. The average molecular weight is 195 g/mol. The van der Waals surface area contributed by atoms with Gasteiger partial charge in [-0.05, 0) is 37.1 Å². The van der Waals surface area contributed by atoms with Crippen molar-refractivity contribution >= 4 is 5.91 Å². The third-order valence-corrected chi connectivity index (χ3v) is 1.69. The van der Waals surface area contributed by atoms with Gasteiger partial charge in [0, 0.05) is 0 Å². The Hall–Kier alpha value is -1.55. The highest BCUT2D eigenvalue weighted by atomic mass is 16.5. The van der Waals surface area contributed by atoms with Crippen LogP contribution in [0.2, 0.25) is 0 Å². The lowest BCUT2D eigenvalue weighted by atomic mass is 10.1. The Bertz CT molecular complexity index is 316. The molecule has 1 rings (SSSR count). The Kier molecular flexibility index (Phi) is 3.48. The molecule has 0 aliphatic carbocycles. The van der Waals surface area contributed by atoms with Crippen LogP contribution in [0.3, 0.4) is 0 Å². The molecule has 1 aromatic rings. The van der Waals surface area contributed by atoms with Gasteiger partial charge in [0.05, 0.1) is 0 Å². The van der Waals surface area contributed by atoms with Crippen molar-refractivity contribution < 1.29 is 14.7 Å². The van der Waals surface area contributed by atoms with Gasteiger partial charge in [-0.2, -0.15) is 0 Å². The van der Waals surface area contributed by atoms with Crippen molar-refractivity contribution in [1.29, 1.82) is 0 Å². The fraction of sp³-hybridized carbons (Fsp3) is 0.300. The van der Waals surface area contributed by atoms with E-state index >= 15 is 0 Å². The summed E-state index contributed by atoms with van der Waals surface area (Å²) in [5.41, 5.74) is 3.65. The number of amides is 1. The summed E-state index contributed by atoms with van der Waals surface area (Å²) in [6, 6.07) is 5.67. The van der Waals surface area contributed by atoms with Gasteiger partial charge >= 0.3 is 0 Å². The summed E-state index contributed by atoms with van der Waals surface area (Å²) in [6.07, 6.45) is 0. The quantitative estimate of drug-likeness (QED) is 0.562. The Morgan fingerprint density at radius 1 is 1.36 bits per heavy atom. The monoisotopic (exact) mass is 195 g/mol. The highest BCUT2D eigenvalue weighted by molar-refractivity contribution is 5.76. The zero-order valence-electron chi connectivity index (χ0n) is 8.20. The minimum atomic E-state index is -0.566. The summed E-state index contributed by atoms with van der Waals surface area (Å²) in [6.45, 7) is 3.72. The first-order valence-corrected chi connectivity index (χ1v) is 4.26. The van der Waals surface area contributed by atoms with Crippen LogP contribution < -0.4 is 10.2 Å². The third kappa shape index (κ3) is 3.06. The van der Waals surface area contributed by atoms with Crippen LogP contribution >= 0.6 is 0 Å². The summed E-state index contributed by atoms with van der Waals surface area (Å²) in [4.78, 5) is 10.7. The number of carbonyl (C=O) groups is 1. The minimum Gasteiger partial charge on any atom is -0.484 e. The molecule has 2 N–H and O–H groups in total. The van der Waals surface area contributed by atoms with Gasteiger partial charge in [0.1, 0.15) is 5.75 Å². The minimum absolute atomic E-state index is 0.181. The molecule has 14 heavy (non-hydrogen) atoms. The Balaban J connectivity index is 2.63. The lowest BCUT2D eigenvalue weighted by Crippen LogP contribution is -2.25. The molecule has 0 fully saturated rings. The smallest absolute Gasteiger partial charge is 0.281 e. The summed E-state index contributed by atoms with van der Waals surface area (Å²) >= 11 is 0. The van der Waals surface area contributed by atoms with Gasteiger partial charge in [0.2, 0.25) is 0 Å². The molecule has 0 aromatic heterocycles. The molecule has 4 nitrogen and oxygen atoms in total. The van der Waals surface area contributed by atoms with E-state index in [1.54, 1.807) is 0 Å². The SMILES string of the molecule is Cc1cc(C)cc(OCC(=O)NO)c1. The summed E-state index contributed by atoms with van der Waals surface area (Å²) in [5.74, 6) is 0.0651. The first-order chi connectivity index (χ1) is 6.61. The molecule has 0 aliphatic heterocycles. The van der Waals surface area contributed by atoms with Gasteiger partial charge < -0.3 is 4.74 Å². The van der Waals surface area contributed by atoms with Gasteiger partial charge in [-0.25, -0.2) is 5.48 Å². The molecule has 0 heterocycles. The first-order valence-electron chi connectivity index (χ1n) is 4.26. The van der Waals surface area contributed by atoms with E-state index in [4.69, 9.17) is 9.94 Å². The second kappa shape index (κ2) is 4.62. The van der Waals surface area contributed by atoms with Crippen molar-refractivity contribution in [2.45, 2.75) is 13.8 Å². The molecule has 0 bridgehead atoms. The Labute approximate surface area is 82.5 Å². The molecule has 76 valence electrons. The van der Waals surface area contributed by atoms with Gasteiger partial charge in [0.25, 0.3) is 5.91 Å². The Morgan fingerprint density at radius 3 is 2.43 bits per heavy atom. The van der Waals surface area contributed by atoms with Gasteiger partial charge in [-0.15, -0.1) is 0 Å².